The van der Waals surface area contributed by atoms with Crippen LogP contribution in [-0.2, 0) is 14.5 Å². The minimum absolute atomic E-state index is 0.293. The Morgan fingerprint density at radius 3 is 1.92 bits per heavy atom. The Labute approximate surface area is 151 Å². The van der Waals surface area contributed by atoms with E-state index in [0.717, 1.165) is 16.0 Å². The molecule has 3 aromatic rings. The van der Waals surface area contributed by atoms with E-state index in [0.29, 0.717) is 5.57 Å². The maximum atomic E-state index is 12.7. The predicted molar refractivity (Wildman–Crippen MR) is 101 cm³/mol. The highest BCUT2D eigenvalue weighted by atomic mass is 32.2. The number of esters is 1. The maximum absolute atomic E-state index is 12.7. The van der Waals surface area contributed by atoms with Gasteiger partial charge >= 0.3 is 5.97 Å². The van der Waals surface area contributed by atoms with Gasteiger partial charge in [0.15, 0.2) is 0 Å². The van der Waals surface area contributed by atoms with Crippen molar-refractivity contribution in [3.05, 3.63) is 108 Å². The Hall–Kier alpha value is -2.78. The summed E-state index contributed by atoms with van der Waals surface area (Å²) in [5.41, 5.74) is 2.43. The van der Waals surface area contributed by atoms with Crippen LogP contribution in [0.25, 0.3) is 5.57 Å². The van der Waals surface area contributed by atoms with Gasteiger partial charge in [0, 0.05) is 10.5 Å². The van der Waals surface area contributed by atoms with Crippen molar-refractivity contribution < 1.29 is 9.53 Å². The number of carbonyl (C=O) groups is 1. The normalized spacial score (nSPS) is 19.4. The first-order valence-electron chi connectivity index (χ1n) is 8.08. The van der Waals surface area contributed by atoms with Gasteiger partial charge in [0.25, 0.3) is 0 Å². The molecule has 0 aromatic heterocycles. The van der Waals surface area contributed by atoms with E-state index in [9.17, 15) is 4.79 Å². The molecule has 3 aromatic carbocycles. The second kappa shape index (κ2) is 6.61. The lowest BCUT2D eigenvalue weighted by molar-refractivity contribution is -0.139. The average Bonchev–Trinajstić information content (AvgIpc) is 3.01. The van der Waals surface area contributed by atoms with Crippen LogP contribution in [0, 0.1) is 0 Å². The van der Waals surface area contributed by atoms with Crippen molar-refractivity contribution in [2.45, 2.75) is 9.83 Å². The molecule has 1 atom stereocenters. The van der Waals surface area contributed by atoms with E-state index in [1.165, 1.54) is 11.8 Å². The molecule has 25 heavy (non-hydrogen) atoms. The van der Waals surface area contributed by atoms with E-state index in [1.54, 1.807) is 0 Å². The summed E-state index contributed by atoms with van der Waals surface area (Å²) < 4.78 is 5.94. The first-order chi connectivity index (χ1) is 12.3. The number of hydrogen-bond donors (Lipinski definition) is 0. The van der Waals surface area contributed by atoms with Crippen LogP contribution in [0.15, 0.2) is 102 Å². The minimum Gasteiger partial charge on any atom is -0.436 e. The second-order valence-corrected chi connectivity index (χ2v) is 7.04. The van der Waals surface area contributed by atoms with Crippen LogP contribution in [0.4, 0.5) is 0 Å². The van der Waals surface area contributed by atoms with Crippen LogP contribution in [0.1, 0.15) is 11.1 Å². The van der Waals surface area contributed by atoms with Crippen LogP contribution in [0.2, 0.25) is 0 Å². The van der Waals surface area contributed by atoms with E-state index in [4.69, 9.17) is 4.74 Å². The Balaban J connectivity index is 1.82. The number of rotatable bonds is 4. The third-order valence-electron chi connectivity index (χ3n) is 4.07. The molecule has 0 amide bonds. The minimum atomic E-state index is -0.856. The van der Waals surface area contributed by atoms with Gasteiger partial charge in [-0.2, -0.15) is 0 Å². The predicted octanol–water partition coefficient (Wildman–Crippen LogP) is 5.27. The van der Waals surface area contributed by atoms with E-state index in [1.807, 2.05) is 97.1 Å². The fraction of sp³-hybridized carbons (Fsp3) is 0.0455. The number of benzene rings is 3. The molecular weight excluding hydrogens is 328 g/mol. The van der Waals surface area contributed by atoms with Crippen LogP contribution in [-0.4, -0.2) is 5.97 Å². The molecule has 1 heterocycles. The van der Waals surface area contributed by atoms with Crippen molar-refractivity contribution in [2.75, 3.05) is 0 Å². The highest BCUT2D eigenvalue weighted by molar-refractivity contribution is 8.00. The van der Waals surface area contributed by atoms with Gasteiger partial charge < -0.3 is 4.74 Å². The molecule has 4 rings (SSSR count). The van der Waals surface area contributed by atoms with Crippen LogP contribution in [0.3, 0.4) is 0 Å². The summed E-state index contributed by atoms with van der Waals surface area (Å²) in [6.07, 6.45) is 1.94. The second-order valence-electron chi connectivity index (χ2n) is 5.76. The highest BCUT2D eigenvalue weighted by Gasteiger charge is 2.43. The number of carbonyl (C=O) groups excluding carboxylic acids is 1. The molecule has 3 heteroatoms. The third kappa shape index (κ3) is 3.11. The van der Waals surface area contributed by atoms with Crippen molar-refractivity contribution in [3.8, 4) is 0 Å². The molecule has 1 aliphatic rings. The van der Waals surface area contributed by atoms with E-state index < -0.39 is 4.93 Å². The Morgan fingerprint density at radius 1 is 0.720 bits per heavy atom. The van der Waals surface area contributed by atoms with Gasteiger partial charge in [0.1, 0.15) is 0 Å². The molecule has 1 unspecified atom stereocenters. The molecule has 122 valence electrons. The summed E-state index contributed by atoms with van der Waals surface area (Å²) >= 11 is 1.53. The third-order valence-corrected chi connectivity index (χ3v) is 5.32. The zero-order chi connectivity index (χ0) is 17.1. The Kier molecular flexibility index (Phi) is 4.16. The Morgan fingerprint density at radius 2 is 1.28 bits per heavy atom. The van der Waals surface area contributed by atoms with E-state index in [-0.39, 0.29) is 5.97 Å². The first kappa shape index (κ1) is 15.7. The average molecular weight is 344 g/mol. The lowest BCUT2D eigenvalue weighted by atomic mass is 10.0. The number of ether oxygens (including phenoxy) is 1. The van der Waals surface area contributed by atoms with Gasteiger partial charge in [-0.3, -0.25) is 0 Å². The maximum Gasteiger partial charge on any atom is 0.340 e. The van der Waals surface area contributed by atoms with Crippen LogP contribution < -0.4 is 0 Å². The lowest BCUT2D eigenvalue weighted by Crippen LogP contribution is -2.21. The monoisotopic (exact) mass is 344 g/mol. The summed E-state index contributed by atoms with van der Waals surface area (Å²) in [4.78, 5) is 12.8. The van der Waals surface area contributed by atoms with Gasteiger partial charge in [-0.05, 0) is 23.8 Å². The van der Waals surface area contributed by atoms with E-state index >= 15 is 0 Å². The van der Waals surface area contributed by atoms with Crippen LogP contribution >= 0.6 is 11.8 Å². The topological polar surface area (TPSA) is 26.3 Å². The zero-order valence-electron chi connectivity index (χ0n) is 13.5. The summed E-state index contributed by atoms with van der Waals surface area (Å²) in [5, 5.41) is 0. The molecule has 0 radical (unpaired) electrons. The van der Waals surface area contributed by atoms with E-state index in [2.05, 4.69) is 0 Å². The fourth-order valence-electron chi connectivity index (χ4n) is 2.88. The lowest BCUT2D eigenvalue weighted by Gasteiger charge is -2.26. The highest BCUT2D eigenvalue weighted by Crippen LogP contribution is 2.49. The first-order valence-corrected chi connectivity index (χ1v) is 8.90. The van der Waals surface area contributed by atoms with Crippen molar-refractivity contribution in [1.29, 1.82) is 0 Å². The van der Waals surface area contributed by atoms with Gasteiger partial charge in [-0.1, -0.05) is 90.6 Å². The van der Waals surface area contributed by atoms with Crippen molar-refractivity contribution in [1.82, 2.24) is 0 Å². The molecule has 0 bridgehead atoms. The summed E-state index contributed by atoms with van der Waals surface area (Å²) in [7, 11) is 0. The largest absolute Gasteiger partial charge is 0.436 e. The summed E-state index contributed by atoms with van der Waals surface area (Å²) in [5.74, 6) is -0.293. The molecular formula is C22H16O2S. The zero-order valence-corrected chi connectivity index (χ0v) is 14.3. The molecule has 0 saturated heterocycles. The number of cyclic esters (lactones) is 1. The van der Waals surface area contributed by atoms with Crippen molar-refractivity contribution in [2.24, 2.45) is 0 Å². The quantitative estimate of drug-likeness (QED) is 0.603. The standard InChI is InChI=1S/C22H16O2S/c23-21-20(17-10-4-1-5-11-17)16-22(24-21,18-12-6-2-7-13-18)25-19-14-8-3-9-15-19/h1-16H. The molecule has 0 aliphatic carbocycles. The summed E-state index contributed by atoms with van der Waals surface area (Å²) in [6, 6.07) is 29.5. The fourth-order valence-corrected chi connectivity index (χ4v) is 4.07. The molecule has 0 N–H and O–H groups in total. The van der Waals surface area contributed by atoms with Crippen molar-refractivity contribution >= 4 is 23.3 Å². The molecule has 1 aliphatic heterocycles. The van der Waals surface area contributed by atoms with Gasteiger partial charge in [0.05, 0.1) is 5.57 Å². The molecule has 0 spiro atoms. The number of thioether (sulfide) groups is 1. The molecule has 0 fully saturated rings. The molecule has 2 nitrogen and oxygen atoms in total. The van der Waals surface area contributed by atoms with Gasteiger partial charge in [-0.25, -0.2) is 4.79 Å². The van der Waals surface area contributed by atoms with Gasteiger partial charge in [-0.15, -0.1) is 0 Å². The van der Waals surface area contributed by atoms with Gasteiger partial charge in [0.2, 0.25) is 4.93 Å². The summed E-state index contributed by atoms with van der Waals surface area (Å²) in [6.45, 7) is 0. The van der Waals surface area contributed by atoms with Crippen LogP contribution in [0.5, 0.6) is 0 Å². The Bertz CT molecular complexity index is 905. The smallest absolute Gasteiger partial charge is 0.340 e. The SMILES string of the molecule is O=C1OC(Sc2ccccc2)(c2ccccc2)C=C1c1ccccc1. The molecule has 0 saturated carbocycles. The number of hydrogen-bond acceptors (Lipinski definition) is 3. The van der Waals surface area contributed by atoms with Crippen molar-refractivity contribution in [3.63, 3.8) is 0 Å².